The predicted octanol–water partition coefficient (Wildman–Crippen LogP) is 4.20. The number of anilines is 1. The number of Topliss-reactive ketones (excluding diaryl/α,β-unsaturated/α-hetero) is 1. The highest BCUT2D eigenvalue weighted by Gasteiger charge is 2.41. The first kappa shape index (κ1) is 32.4. The van der Waals surface area contributed by atoms with Crippen LogP contribution in [0.2, 0.25) is 0 Å². The maximum atomic E-state index is 13.7. The number of benzene rings is 2. The number of rotatable bonds is 14. The van der Waals surface area contributed by atoms with Gasteiger partial charge < -0.3 is 30.2 Å². The number of esters is 1. The molecule has 42 heavy (non-hydrogen) atoms. The molecule has 1 heterocycles. The largest absolute Gasteiger partial charge is 0.493 e. The van der Waals surface area contributed by atoms with Crippen molar-refractivity contribution in [2.24, 2.45) is 11.1 Å². The van der Waals surface area contributed by atoms with Crippen molar-refractivity contribution < 1.29 is 33.4 Å². The van der Waals surface area contributed by atoms with Gasteiger partial charge in [0.2, 0.25) is 11.7 Å². The highest BCUT2D eigenvalue weighted by Crippen LogP contribution is 2.32. The predicted molar refractivity (Wildman–Crippen MR) is 159 cm³/mol. The summed E-state index contributed by atoms with van der Waals surface area (Å²) in [6, 6.07) is 12.0. The van der Waals surface area contributed by atoms with Crippen LogP contribution in [0, 0.1) is 5.41 Å². The van der Waals surface area contributed by atoms with Crippen molar-refractivity contribution in [2.75, 3.05) is 32.6 Å². The summed E-state index contributed by atoms with van der Waals surface area (Å²) in [5, 5.41) is 2.98. The highest BCUT2D eigenvalue weighted by molar-refractivity contribution is 6.38. The number of likely N-dealkylation sites (tertiary alicyclic amines) is 1. The zero-order chi connectivity index (χ0) is 30.9. The number of nitrogens with zero attached hydrogens (tertiary/aromatic N) is 1. The fourth-order valence-electron chi connectivity index (χ4n) is 4.88. The van der Waals surface area contributed by atoms with Gasteiger partial charge in [-0.05, 0) is 73.9 Å². The van der Waals surface area contributed by atoms with Crippen LogP contribution in [-0.4, -0.2) is 61.8 Å². The summed E-state index contributed by atoms with van der Waals surface area (Å²) in [6.45, 7) is 5.64. The van der Waals surface area contributed by atoms with Gasteiger partial charge in [0.15, 0.2) is 11.5 Å². The Balaban J connectivity index is 1.87. The maximum absolute atomic E-state index is 13.7. The Kier molecular flexibility index (Phi) is 11.4. The summed E-state index contributed by atoms with van der Waals surface area (Å²) >= 11 is 0. The number of ether oxygens (including phenoxy) is 3. The number of primary amides is 1. The molecule has 1 saturated heterocycles. The van der Waals surface area contributed by atoms with Gasteiger partial charge in [0.05, 0.1) is 20.8 Å². The molecular formula is C32H43N3O7. The van der Waals surface area contributed by atoms with Gasteiger partial charge >= 0.3 is 5.97 Å². The Labute approximate surface area is 247 Å². The fraction of sp³-hybridized carbons (Fsp3) is 0.500. The van der Waals surface area contributed by atoms with Crippen LogP contribution in [0.5, 0.6) is 11.5 Å². The molecule has 0 radical (unpaired) electrons. The minimum atomic E-state index is -0.845. The lowest BCUT2D eigenvalue weighted by Crippen LogP contribution is -2.53. The average Bonchev–Trinajstić information content (AvgIpc) is 3.01. The van der Waals surface area contributed by atoms with Gasteiger partial charge in [-0.15, -0.1) is 0 Å². The lowest BCUT2D eigenvalue weighted by molar-refractivity contribution is -0.164. The third-order valence-corrected chi connectivity index (χ3v) is 7.86. The summed E-state index contributed by atoms with van der Waals surface area (Å²) in [5.74, 6) is -0.971. The van der Waals surface area contributed by atoms with Crippen molar-refractivity contribution in [2.45, 2.75) is 71.4 Å². The maximum Gasteiger partial charge on any atom is 0.329 e. The monoisotopic (exact) mass is 581 g/mol. The minimum Gasteiger partial charge on any atom is -0.493 e. The Bertz CT molecular complexity index is 1280. The number of carbonyl (C=O) groups is 4. The molecule has 0 saturated carbocycles. The Hall–Kier alpha value is -4.08. The molecule has 10 nitrogen and oxygen atoms in total. The number of nitrogens with two attached hydrogens (primary N) is 1. The summed E-state index contributed by atoms with van der Waals surface area (Å²) < 4.78 is 16.9. The number of amides is 2. The quantitative estimate of drug-likeness (QED) is 0.250. The summed E-state index contributed by atoms with van der Waals surface area (Å²) in [4.78, 5) is 52.7. The van der Waals surface area contributed by atoms with Crippen molar-refractivity contribution in [1.29, 1.82) is 0 Å². The van der Waals surface area contributed by atoms with E-state index in [2.05, 4.69) is 5.32 Å². The third kappa shape index (κ3) is 8.24. The first-order chi connectivity index (χ1) is 20.0. The van der Waals surface area contributed by atoms with Gasteiger partial charge in [0.1, 0.15) is 12.1 Å². The molecule has 3 N–H and O–H groups in total. The molecule has 2 aromatic carbocycles. The van der Waals surface area contributed by atoms with Crippen LogP contribution in [0.15, 0.2) is 42.5 Å². The van der Waals surface area contributed by atoms with E-state index in [1.807, 2.05) is 37.3 Å². The second-order valence-corrected chi connectivity index (χ2v) is 11.2. The normalized spacial score (nSPS) is 15.8. The molecule has 10 heteroatoms. The first-order valence-electron chi connectivity index (χ1n) is 14.4. The molecule has 1 aliphatic heterocycles. The lowest BCUT2D eigenvalue weighted by Gasteiger charge is -2.36. The van der Waals surface area contributed by atoms with Crippen molar-refractivity contribution in [3.63, 3.8) is 0 Å². The fourth-order valence-corrected chi connectivity index (χ4v) is 4.88. The number of hydrogen-bond acceptors (Lipinski definition) is 8. The summed E-state index contributed by atoms with van der Waals surface area (Å²) in [5.41, 5.74) is 6.80. The van der Waals surface area contributed by atoms with Crippen LogP contribution >= 0.6 is 0 Å². The molecule has 228 valence electrons. The number of methoxy groups -OCH3 is 2. The minimum absolute atomic E-state index is 0.0408. The van der Waals surface area contributed by atoms with Crippen LogP contribution in [0.3, 0.4) is 0 Å². The van der Waals surface area contributed by atoms with Gasteiger partial charge in [-0.2, -0.15) is 0 Å². The Morgan fingerprint density at radius 3 is 2.45 bits per heavy atom. The third-order valence-electron chi connectivity index (χ3n) is 7.86. The number of piperidine rings is 1. The van der Waals surface area contributed by atoms with Crippen molar-refractivity contribution in [3.8, 4) is 11.5 Å². The van der Waals surface area contributed by atoms with E-state index in [0.717, 1.165) is 17.5 Å². The number of carbonyl (C=O) groups excluding carboxylic acids is 4. The molecule has 0 bridgehead atoms. The molecule has 0 aromatic heterocycles. The molecule has 0 spiro atoms. The summed E-state index contributed by atoms with van der Waals surface area (Å²) in [7, 11) is 3.14. The highest BCUT2D eigenvalue weighted by atomic mass is 16.5. The molecule has 2 amide bonds. The molecule has 3 rings (SSSR count). The second kappa shape index (κ2) is 14.7. The van der Waals surface area contributed by atoms with Gasteiger partial charge in [0, 0.05) is 17.6 Å². The van der Waals surface area contributed by atoms with Crippen molar-refractivity contribution in [1.82, 2.24) is 4.90 Å². The molecular weight excluding hydrogens is 538 g/mol. The zero-order valence-electron chi connectivity index (χ0n) is 25.2. The number of hydrogen-bond donors (Lipinski definition) is 2. The molecule has 1 fully saturated rings. The van der Waals surface area contributed by atoms with Gasteiger partial charge in [0.25, 0.3) is 5.91 Å². The van der Waals surface area contributed by atoms with E-state index in [4.69, 9.17) is 19.9 Å². The van der Waals surface area contributed by atoms with E-state index in [9.17, 15) is 19.2 Å². The van der Waals surface area contributed by atoms with Crippen LogP contribution < -0.4 is 20.5 Å². The van der Waals surface area contributed by atoms with Gasteiger partial charge in [-0.25, -0.2) is 4.79 Å². The first-order valence-corrected chi connectivity index (χ1v) is 14.4. The Morgan fingerprint density at radius 2 is 1.79 bits per heavy atom. The van der Waals surface area contributed by atoms with E-state index in [0.29, 0.717) is 55.8 Å². The van der Waals surface area contributed by atoms with E-state index in [1.54, 1.807) is 40.2 Å². The van der Waals surface area contributed by atoms with E-state index in [1.165, 1.54) is 4.90 Å². The SMILES string of the molecule is CCC(C)(C)C(=O)C(=O)N1CCCC[C@H]1C(=O)O[C@H](CCc1ccc(OC)c(OC)c1)c1cccc(NCC(N)=O)c1. The zero-order valence-corrected chi connectivity index (χ0v) is 25.2. The number of aryl methyl sites for hydroxylation is 1. The topological polar surface area (TPSA) is 137 Å². The number of nitrogens with one attached hydrogen (secondary N) is 1. The van der Waals surface area contributed by atoms with Gasteiger partial charge in [-0.1, -0.05) is 39.0 Å². The standard InChI is InChI=1S/C32H43N3O7/c1-6-32(2,3)29(37)30(38)35-17-8-7-12-24(35)31(39)42-25(22-10-9-11-23(19-22)34-20-28(33)36)15-13-21-14-16-26(40-4)27(18-21)41-5/h9-11,14,16,18-19,24-25,34H,6-8,12-13,15,17,20H2,1-5H3,(H2,33,36)/t24-,25+/m0/s1. The number of ketones is 1. The van der Waals surface area contributed by atoms with Crippen molar-refractivity contribution >= 4 is 29.3 Å². The van der Waals surface area contributed by atoms with Crippen LogP contribution in [0.4, 0.5) is 5.69 Å². The van der Waals surface area contributed by atoms with E-state index >= 15 is 0 Å². The molecule has 2 aromatic rings. The van der Waals surface area contributed by atoms with E-state index < -0.39 is 41.1 Å². The van der Waals surface area contributed by atoms with Crippen molar-refractivity contribution in [3.05, 3.63) is 53.6 Å². The second-order valence-electron chi connectivity index (χ2n) is 11.2. The molecule has 2 atom stereocenters. The average molecular weight is 582 g/mol. The van der Waals surface area contributed by atoms with Crippen LogP contribution in [0.1, 0.15) is 70.1 Å². The smallest absolute Gasteiger partial charge is 0.329 e. The van der Waals surface area contributed by atoms with Gasteiger partial charge in [-0.3, -0.25) is 14.4 Å². The molecule has 0 unspecified atom stereocenters. The van der Waals surface area contributed by atoms with Crippen LogP contribution in [-0.2, 0) is 30.3 Å². The Morgan fingerprint density at radius 1 is 1.05 bits per heavy atom. The summed E-state index contributed by atoms with van der Waals surface area (Å²) in [6.07, 6.45) is 2.72. The lowest BCUT2D eigenvalue weighted by atomic mass is 9.84. The van der Waals surface area contributed by atoms with Crippen LogP contribution in [0.25, 0.3) is 0 Å². The van der Waals surface area contributed by atoms with E-state index in [-0.39, 0.29) is 6.54 Å². The molecule has 0 aliphatic carbocycles. The molecule has 1 aliphatic rings.